The van der Waals surface area contributed by atoms with Gasteiger partial charge in [0.1, 0.15) is 5.75 Å². The van der Waals surface area contributed by atoms with Crippen LogP contribution in [0.3, 0.4) is 0 Å². The number of hydrogen-bond donors (Lipinski definition) is 2. The van der Waals surface area contributed by atoms with Crippen LogP contribution in [-0.4, -0.2) is 44.6 Å². The lowest BCUT2D eigenvalue weighted by Gasteiger charge is -2.38. The van der Waals surface area contributed by atoms with E-state index in [-0.39, 0.29) is 29.8 Å². The molecule has 5 rings (SSSR count). The van der Waals surface area contributed by atoms with Gasteiger partial charge in [0, 0.05) is 30.8 Å². The number of Topliss-reactive ketones (excluding diaryl/α,β-unsaturated/α-hetero) is 1. The molecular formula is C29H35N3O4. The maximum Gasteiger partial charge on any atom is 0.239 e. The minimum Gasteiger partial charge on any atom is -0.497 e. The Labute approximate surface area is 212 Å². The number of hydrogen-bond acceptors (Lipinski definition) is 6. The molecule has 1 amide bonds. The summed E-state index contributed by atoms with van der Waals surface area (Å²) in [6.45, 7) is 5.63. The van der Waals surface area contributed by atoms with Crippen molar-refractivity contribution in [3.05, 3.63) is 65.4 Å². The van der Waals surface area contributed by atoms with E-state index >= 15 is 0 Å². The molecule has 190 valence electrons. The zero-order valence-corrected chi connectivity index (χ0v) is 21.3. The largest absolute Gasteiger partial charge is 0.497 e. The molecule has 7 heteroatoms. The van der Waals surface area contributed by atoms with Crippen molar-refractivity contribution >= 4 is 23.1 Å². The molecule has 0 saturated carbocycles. The highest BCUT2D eigenvalue weighted by molar-refractivity contribution is 6.01. The summed E-state index contributed by atoms with van der Waals surface area (Å²) in [7, 11) is 1.64. The molecule has 7 nitrogen and oxygen atoms in total. The number of fused-ring (bicyclic) bond motifs is 1. The second kappa shape index (κ2) is 9.97. The lowest BCUT2D eigenvalue weighted by Crippen LogP contribution is -2.43. The average molecular weight is 490 g/mol. The summed E-state index contributed by atoms with van der Waals surface area (Å²) in [6, 6.07) is 15.4. The van der Waals surface area contributed by atoms with Crippen molar-refractivity contribution in [3.63, 3.8) is 0 Å². The summed E-state index contributed by atoms with van der Waals surface area (Å²) in [5, 5.41) is 6.65. The number of ketones is 1. The number of rotatable bonds is 6. The number of para-hydroxylation sites is 2. The van der Waals surface area contributed by atoms with E-state index < -0.39 is 6.04 Å². The highest BCUT2D eigenvalue weighted by Gasteiger charge is 2.41. The van der Waals surface area contributed by atoms with Crippen molar-refractivity contribution in [2.24, 2.45) is 5.41 Å². The van der Waals surface area contributed by atoms with Gasteiger partial charge in [-0.25, -0.2) is 0 Å². The Kier molecular flexibility index (Phi) is 6.75. The Balaban J connectivity index is 1.57. The number of carbonyl (C=O) groups excluding carboxylic acids is 2. The molecule has 1 aliphatic carbocycles. The molecule has 2 aromatic carbocycles. The smallest absolute Gasteiger partial charge is 0.239 e. The predicted octanol–water partition coefficient (Wildman–Crippen LogP) is 4.61. The number of anilines is 2. The molecule has 2 atom stereocenters. The van der Waals surface area contributed by atoms with Crippen LogP contribution < -0.4 is 20.3 Å². The van der Waals surface area contributed by atoms with Crippen LogP contribution in [0.1, 0.15) is 51.1 Å². The van der Waals surface area contributed by atoms with Crippen LogP contribution in [0.5, 0.6) is 5.75 Å². The molecule has 1 saturated heterocycles. The first-order valence-electron chi connectivity index (χ1n) is 12.8. The third-order valence-corrected chi connectivity index (χ3v) is 7.30. The predicted molar refractivity (Wildman–Crippen MR) is 140 cm³/mol. The molecule has 0 bridgehead atoms. The Morgan fingerprint density at radius 2 is 1.94 bits per heavy atom. The van der Waals surface area contributed by atoms with Gasteiger partial charge in [-0.3, -0.25) is 9.59 Å². The van der Waals surface area contributed by atoms with Crippen molar-refractivity contribution in [3.8, 4) is 5.75 Å². The second-order valence-electron chi connectivity index (χ2n) is 10.7. The topological polar surface area (TPSA) is 79.9 Å². The molecule has 2 N–H and O–H groups in total. The maximum absolute atomic E-state index is 13.7. The van der Waals surface area contributed by atoms with Crippen LogP contribution in [0.2, 0.25) is 0 Å². The third kappa shape index (κ3) is 4.98. The van der Waals surface area contributed by atoms with Crippen LogP contribution in [0.25, 0.3) is 0 Å². The Morgan fingerprint density at radius 3 is 2.67 bits per heavy atom. The quantitative estimate of drug-likeness (QED) is 0.617. The normalized spacial score (nSPS) is 22.9. The van der Waals surface area contributed by atoms with Crippen LogP contribution >= 0.6 is 0 Å². The maximum atomic E-state index is 13.7. The Bertz CT molecular complexity index is 1170. The van der Waals surface area contributed by atoms with E-state index in [0.29, 0.717) is 13.0 Å². The third-order valence-electron chi connectivity index (χ3n) is 7.30. The van der Waals surface area contributed by atoms with Crippen molar-refractivity contribution in [2.75, 3.05) is 37.0 Å². The van der Waals surface area contributed by atoms with Gasteiger partial charge in [0.2, 0.25) is 5.91 Å². The molecule has 2 aromatic rings. The fourth-order valence-corrected chi connectivity index (χ4v) is 5.60. The number of methoxy groups -OCH3 is 1. The number of carbonyl (C=O) groups is 2. The van der Waals surface area contributed by atoms with E-state index in [9.17, 15) is 9.59 Å². The lowest BCUT2D eigenvalue weighted by atomic mass is 9.73. The molecule has 0 aromatic heterocycles. The fraction of sp³-hybridized carbons (Fsp3) is 0.448. The standard InChI is InChI=1S/C29H35N3O4/c1-29(2)15-23-27(25(33)16-29)28(19-10-12-20(35-3)13-11-19)32(24-9-5-4-8-22(24)31-23)18-26(34)30-17-21-7-6-14-36-21/h4-5,8-13,21,28,31H,6-7,14-18H2,1-3H3,(H,30,34). The summed E-state index contributed by atoms with van der Waals surface area (Å²) in [5.41, 5.74) is 4.27. The molecule has 2 unspecified atom stereocenters. The van der Waals surface area contributed by atoms with E-state index in [1.54, 1.807) is 7.11 Å². The van der Waals surface area contributed by atoms with Gasteiger partial charge in [0.05, 0.1) is 37.2 Å². The number of amides is 1. The minimum absolute atomic E-state index is 0.0703. The second-order valence-corrected chi connectivity index (χ2v) is 10.7. The fourth-order valence-electron chi connectivity index (χ4n) is 5.60. The van der Waals surface area contributed by atoms with Gasteiger partial charge >= 0.3 is 0 Å². The van der Waals surface area contributed by atoms with Gasteiger partial charge in [0.25, 0.3) is 0 Å². The van der Waals surface area contributed by atoms with Crippen LogP contribution in [0.4, 0.5) is 11.4 Å². The SMILES string of the molecule is COc1ccc(C2C3=C(CC(C)(C)CC3=O)Nc3ccccc3N2CC(=O)NCC2CCCO2)cc1. The van der Waals surface area contributed by atoms with E-state index in [1.165, 1.54) is 0 Å². The van der Waals surface area contributed by atoms with Gasteiger partial charge in [-0.1, -0.05) is 38.1 Å². The molecule has 3 aliphatic rings. The average Bonchev–Trinajstić information content (AvgIpc) is 3.33. The summed E-state index contributed by atoms with van der Waals surface area (Å²) in [6.07, 6.45) is 3.29. The van der Waals surface area contributed by atoms with E-state index in [1.807, 2.05) is 48.5 Å². The van der Waals surface area contributed by atoms with Crippen molar-refractivity contribution in [2.45, 2.75) is 51.7 Å². The monoisotopic (exact) mass is 489 g/mol. The van der Waals surface area contributed by atoms with Crippen LogP contribution in [0.15, 0.2) is 59.8 Å². The molecule has 36 heavy (non-hydrogen) atoms. The summed E-state index contributed by atoms with van der Waals surface area (Å²) in [5.74, 6) is 0.774. The van der Waals surface area contributed by atoms with Gasteiger partial charge in [-0.05, 0) is 54.5 Å². The summed E-state index contributed by atoms with van der Waals surface area (Å²) in [4.78, 5) is 29.0. The summed E-state index contributed by atoms with van der Waals surface area (Å²) >= 11 is 0. The van der Waals surface area contributed by atoms with Crippen molar-refractivity contribution in [1.29, 1.82) is 0 Å². The minimum atomic E-state index is -0.404. The number of benzene rings is 2. The van der Waals surface area contributed by atoms with E-state index in [2.05, 4.69) is 29.4 Å². The summed E-state index contributed by atoms with van der Waals surface area (Å²) < 4.78 is 11.1. The molecule has 2 heterocycles. The first-order chi connectivity index (χ1) is 17.3. The van der Waals surface area contributed by atoms with Crippen LogP contribution in [0, 0.1) is 5.41 Å². The highest BCUT2D eigenvalue weighted by atomic mass is 16.5. The first-order valence-corrected chi connectivity index (χ1v) is 12.8. The van der Waals surface area contributed by atoms with Crippen molar-refractivity contribution < 1.29 is 19.1 Å². The molecule has 0 spiro atoms. The first kappa shape index (κ1) is 24.4. The zero-order chi connectivity index (χ0) is 25.3. The van der Waals surface area contributed by atoms with Gasteiger partial charge in [-0.15, -0.1) is 0 Å². The van der Waals surface area contributed by atoms with Gasteiger partial charge in [-0.2, -0.15) is 0 Å². The number of allylic oxidation sites excluding steroid dienone is 1. The number of nitrogens with one attached hydrogen (secondary N) is 2. The molecule has 1 fully saturated rings. The molecule has 2 aliphatic heterocycles. The van der Waals surface area contributed by atoms with Gasteiger partial charge in [0.15, 0.2) is 5.78 Å². The van der Waals surface area contributed by atoms with E-state index in [0.717, 1.165) is 59.8 Å². The number of ether oxygens (including phenoxy) is 2. The molecular weight excluding hydrogens is 454 g/mol. The van der Waals surface area contributed by atoms with E-state index in [4.69, 9.17) is 9.47 Å². The van der Waals surface area contributed by atoms with Gasteiger partial charge < -0.3 is 25.0 Å². The lowest BCUT2D eigenvalue weighted by molar-refractivity contribution is -0.121. The zero-order valence-electron chi connectivity index (χ0n) is 21.3. The van der Waals surface area contributed by atoms with Crippen molar-refractivity contribution in [1.82, 2.24) is 5.32 Å². The molecule has 0 radical (unpaired) electrons. The Morgan fingerprint density at radius 1 is 1.17 bits per heavy atom. The highest BCUT2D eigenvalue weighted by Crippen LogP contribution is 2.48. The van der Waals surface area contributed by atoms with Crippen LogP contribution in [-0.2, 0) is 14.3 Å². The Hall–Kier alpha value is -3.32. The number of nitrogens with zero attached hydrogens (tertiary/aromatic N) is 1.